The van der Waals surface area contributed by atoms with Crippen molar-refractivity contribution >= 4 is 12.1 Å². The maximum absolute atomic E-state index is 11.9. The Hall–Kier alpha value is -2.04. The van der Waals surface area contributed by atoms with Gasteiger partial charge in [-0.3, -0.25) is 4.79 Å². The van der Waals surface area contributed by atoms with Crippen molar-refractivity contribution in [2.45, 2.75) is 32.9 Å². The van der Waals surface area contributed by atoms with Crippen molar-refractivity contribution < 1.29 is 19.4 Å². The second kappa shape index (κ2) is 7.41. The van der Waals surface area contributed by atoms with Crippen molar-refractivity contribution in [1.29, 1.82) is 0 Å². The number of amides is 1. The molecule has 5 heteroatoms. The topological polar surface area (TPSA) is 66.8 Å². The number of hydrogen-bond donors (Lipinski definition) is 1. The Bertz CT molecular complexity index is 417. The summed E-state index contributed by atoms with van der Waals surface area (Å²) in [6.07, 6.45) is -0.571. The highest BCUT2D eigenvalue weighted by Gasteiger charge is 2.19. The van der Waals surface area contributed by atoms with Crippen molar-refractivity contribution in [1.82, 2.24) is 4.90 Å². The minimum absolute atomic E-state index is 0.0847. The van der Waals surface area contributed by atoms with Gasteiger partial charge in [0.05, 0.1) is 6.42 Å². The molecule has 1 N–H and O–H groups in total. The molecule has 0 saturated carbocycles. The van der Waals surface area contributed by atoms with Crippen LogP contribution in [0.5, 0.6) is 0 Å². The molecule has 1 amide bonds. The molecule has 0 aliphatic carbocycles. The molecule has 0 radical (unpaired) electrons. The minimum Gasteiger partial charge on any atom is -0.481 e. The molecular weight excluding hydrogens is 246 g/mol. The first kappa shape index (κ1) is 15.0. The highest BCUT2D eigenvalue weighted by Crippen LogP contribution is 2.07. The van der Waals surface area contributed by atoms with E-state index >= 15 is 0 Å². The zero-order valence-electron chi connectivity index (χ0n) is 11.2. The zero-order valence-corrected chi connectivity index (χ0v) is 11.2. The molecule has 0 aliphatic rings. The van der Waals surface area contributed by atoms with Gasteiger partial charge in [-0.15, -0.1) is 0 Å². The third-order valence-corrected chi connectivity index (χ3v) is 2.63. The van der Waals surface area contributed by atoms with Crippen LogP contribution in [0.2, 0.25) is 0 Å². The molecule has 0 aliphatic heterocycles. The van der Waals surface area contributed by atoms with E-state index in [0.717, 1.165) is 5.56 Å². The van der Waals surface area contributed by atoms with Gasteiger partial charge in [0.1, 0.15) is 6.61 Å². The molecular formula is C14H19NO4. The van der Waals surface area contributed by atoms with Gasteiger partial charge in [0.25, 0.3) is 0 Å². The van der Waals surface area contributed by atoms with Gasteiger partial charge in [0, 0.05) is 12.6 Å². The number of nitrogens with zero attached hydrogens (tertiary/aromatic N) is 1. The first-order valence-corrected chi connectivity index (χ1v) is 6.20. The predicted octanol–water partition coefficient (Wildman–Crippen LogP) is 2.51. The van der Waals surface area contributed by atoms with Crippen LogP contribution in [0.15, 0.2) is 30.3 Å². The van der Waals surface area contributed by atoms with Crippen molar-refractivity contribution in [3.63, 3.8) is 0 Å². The smallest absolute Gasteiger partial charge is 0.410 e. The average molecular weight is 265 g/mol. The van der Waals surface area contributed by atoms with Crippen LogP contribution >= 0.6 is 0 Å². The molecule has 104 valence electrons. The lowest BCUT2D eigenvalue weighted by molar-refractivity contribution is -0.137. The Morgan fingerprint density at radius 1 is 1.26 bits per heavy atom. The number of aliphatic carboxylic acids is 1. The Kier molecular flexibility index (Phi) is 5.85. The highest BCUT2D eigenvalue weighted by atomic mass is 16.6. The van der Waals surface area contributed by atoms with Crippen molar-refractivity contribution in [2.75, 3.05) is 6.54 Å². The molecule has 0 fully saturated rings. The fourth-order valence-electron chi connectivity index (χ4n) is 1.58. The van der Waals surface area contributed by atoms with Crippen LogP contribution in [0.4, 0.5) is 4.79 Å². The lowest BCUT2D eigenvalue weighted by atomic mass is 10.2. The van der Waals surface area contributed by atoms with E-state index in [1.807, 2.05) is 44.2 Å². The highest BCUT2D eigenvalue weighted by molar-refractivity contribution is 5.70. The summed E-state index contributed by atoms with van der Waals surface area (Å²) in [5.41, 5.74) is 0.901. The number of carboxylic acids is 1. The van der Waals surface area contributed by atoms with Gasteiger partial charge in [0.2, 0.25) is 0 Å². The van der Waals surface area contributed by atoms with Gasteiger partial charge in [-0.2, -0.15) is 0 Å². The largest absolute Gasteiger partial charge is 0.481 e. The molecule has 0 unspecified atom stereocenters. The fourth-order valence-corrected chi connectivity index (χ4v) is 1.58. The van der Waals surface area contributed by atoms with E-state index in [1.165, 1.54) is 4.90 Å². The molecule has 19 heavy (non-hydrogen) atoms. The van der Waals surface area contributed by atoms with Gasteiger partial charge in [-0.05, 0) is 19.4 Å². The summed E-state index contributed by atoms with van der Waals surface area (Å²) < 4.78 is 5.18. The number of benzene rings is 1. The van der Waals surface area contributed by atoms with Gasteiger partial charge >= 0.3 is 12.1 Å². The van der Waals surface area contributed by atoms with Crippen LogP contribution in [0.1, 0.15) is 25.8 Å². The third-order valence-electron chi connectivity index (χ3n) is 2.63. The molecule has 1 aromatic rings. The van der Waals surface area contributed by atoms with Crippen LogP contribution < -0.4 is 0 Å². The summed E-state index contributed by atoms with van der Waals surface area (Å²) in [5.74, 6) is -0.929. The Balaban J connectivity index is 2.50. The monoisotopic (exact) mass is 265 g/mol. The summed E-state index contributed by atoms with van der Waals surface area (Å²) >= 11 is 0. The molecule has 0 saturated heterocycles. The number of carboxylic acid groups (broad SMARTS) is 1. The molecule has 0 heterocycles. The summed E-state index contributed by atoms with van der Waals surface area (Å²) in [6.45, 7) is 3.99. The first-order valence-electron chi connectivity index (χ1n) is 6.20. The third kappa shape index (κ3) is 5.42. The number of rotatable bonds is 6. The minimum atomic E-state index is -0.929. The van der Waals surface area contributed by atoms with Crippen LogP contribution in [0.25, 0.3) is 0 Å². The molecule has 5 nitrogen and oxygen atoms in total. The van der Waals surface area contributed by atoms with Crippen LogP contribution in [-0.2, 0) is 16.1 Å². The van der Waals surface area contributed by atoms with E-state index in [9.17, 15) is 9.59 Å². The maximum Gasteiger partial charge on any atom is 0.410 e. The van der Waals surface area contributed by atoms with Crippen LogP contribution in [-0.4, -0.2) is 34.7 Å². The molecule has 1 aromatic carbocycles. The van der Waals surface area contributed by atoms with Gasteiger partial charge in [-0.1, -0.05) is 30.3 Å². The quantitative estimate of drug-likeness (QED) is 0.858. The fraction of sp³-hybridized carbons (Fsp3) is 0.429. The first-order chi connectivity index (χ1) is 9.00. The number of carbonyl (C=O) groups is 2. The second-order valence-electron chi connectivity index (χ2n) is 4.47. The Morgan fingerprint density at radius 3 is 2.42 bits per heavy atom. The summed E-state index contributed by atoms with van der Waals surface area (Å²) in [4.78, 5) is 23.8. The number of hydrogen-bond acceptors (Lipinski definition) is 3. The van der Waals surface area contributed by atoms with Gasteiger partial charge in [-0.25, -0.2) is 4.79 Å². The standard InChI is InChI=1S/C14H19NO4/c1-11(2)15(9-8-13(16)17)14(18)19-10-12-6-4-3-5-7-12/h3-7,11H,8-10H2,1-2H3,(H,16,17). The van der Waals surface area contributed by atoms with E-state index in [2.05, 4.69) is 0 Å². The van der Waals surface area contributed by atoms with Gasteiger partial charge < -0.3 is 14.7 Å². The van der Waals surface area contributed by atoms with E-state index in [4.69, 9.17) is 9.84 Å². The lowest BCUT2D eigenvalue weighted by Gasteiger charge is -2.25. The molecule has 1 rings (SSSR count). The number of carbonyl (C=O) groups excluding carboxylic acids is 1. The maximum atomic E-state index is 11.9. The summed E-state index contributed by atoms with van der Waals surface area (Å²) in [6, 6.07) is 9.26. The second-order valence-corrected chi connectivity index (χ2v) is 4.47. The average Bonchev–Trinajstić information content (AvgIpc) is 2.37. The number of ether oxygens (including phenoxy) is 1. The lowest BCUT2D eigenvalue weighted by Crippen LogP contribution is -2.38. The Morgan fingerprint density at radius 2 is 1.89 bits per heavy atom. The zero-order chi connectivity index (χ0) is 14.3. The normalized spacial score (nSPS) is 10.3. The van der Waals surface area contributed by atoms with Crippen molar-refractivity contribution in [3.05, 3.63) is 35.9 Å². The molecule has 0 aromatic heterocycles. The van der Waals surface area contributed by atoms with E-state index in [0.29, 0.717) is 0 Å². The van der Waals surface area contributed by atoms with E-state index < -0.39 is 12.1 Å². The van der Waals surface area contributed by atoms with Crippen molar-refractivity contribution in [2.24, 2.45) is 0 Å². The summed E-state index contributed by atoms with van der Waals surface area (Å²) in [5, 5.41) is 8.66. The molecule has 0 bridgehead atoms. The van der Waals surface area contributed by atoms with Gasteiger partial charge in [0.15, 0.2) is 0 Å². The van der Waals surface area contributed by atoms with Crippen LogP contribution in [0.3, 0.4) is 0 Å². The SMILES string of the molecule is CC(C)N(CCC(=O)O)C(=O)OCc1ccccc1. The molecule has 0 atom stereocenters. The van der Waals surface area contributed by atoms with E-state index in [-0.39, 0.29) is 25.6 Å². The Labute approximate surface area is 112 Å². The summed E-state index contributed by atoms with van der Waals surface area (Å²) in [7, 11) is 0. The predicted molar refractivity (Wildman–Crippen MR) is 70.7 cm³/mol. The van der Waals surface area contributed by atoms with Crippen molar-refractivity contribution in [3.8, 4) is 0 Å². The van der Waals surface area contributed by atoms with Crippen LogP contribution in [0, 0.1) is 0 Å². The molecule has 0 spiro atoms. The van der Waals surface area contributed by atoms with E-state index in [1.54, 1.807) is 0 Å².